The molecular formula is C25H29FN4O2S. The van der Waals surface area contributed by atoms with Gasteiger partial charge in [0.1, 0.15) is 17.5 Å². The molecule has 2 aromatic heterocycles. The lowest BCUT2D eigenvalue weighted by molar-refractivity contribution is 0.540. The van der Waals surface area contributed by atoms with Gasteiger partial charge in [-0.25, -0.2) is 13.3 Å². The maximum absolute atomic E-state index is 14.0. The molecule has 2 atom stereocenters. The van der Waals surface area contributed by atoms with E-state index in [9.17, 15) is 8.60 Å². The van der Waals surface area contributed by atoms with Crippen molar-refractivity contribution in [3.05, 3.63) is 42.3 Å². The summed E-state index contributed by atoms with van der Waals surface area (Å²) in [7, 11) is -2.65. The van der Waals surface area contributed by atoms with Gasteiger partial charge in [0.15, 0.2) is 0 Å². The van der Waals surface area contributed by atoms with E-state index in [4.69, 9.17) is 15.5 Å². The number of pyridine rings is 1. The summed E-state index contributed by atoms with van der Waals surface area (Å²) in [5.41, 5.74) is 9.57. The Kier molecular flexibility index (Phi) is 5.01. The largest absolute Gasteiger partial charge is 0.396 e. The van der Waals surface area contributed by atoms with Crippen molar-refractivity contribution >= 4 is 31.3 Å². The van der Waals surface area contributed by atoms with Crippen LogP contribution >= 0.6 is 0 Å². The Morgan fingerprint density at radius 3 is 2.61 bits per heavy atom. The minimum atomic E-state index is -2.65. The second-order valence-corrected chi connectivity index (χ2v) is 11.8. The number of nitrogens with two attached hydrogens (primary N) is 1. The number of hydrogen-bond acceptors (Lipinski definition) is 4. The van der Waals surface area contributed by atoms with Crippen LogP contribution in [0.15, 0.2) is 41.4 Å². The minimum absolute atomic E-state index is 0.157. The maximum Gasteiger partial charge on any atom is 0.150 e. The standard InChI is InChI=1S/C25H29FN4O2S/c1-15(16-6-7-16)29-33(31,23-14-32-23)19-9-10-21(28-13-19)25-24(27)20-12-17(26)8-11-22(20)30(25)18-4-2-3-5-18/h8-13,15-16,18H,2-7,14,27H2,1H3,(H,29,31). The Balaban J connectivity index is 1.44. The Labute approximate surface area is 193 Å². The maximum atomic E-state index is 14.0. The van der Waals surface area contributed by atoms with Crippen LogP contribution in [0.3, 0.4) is 0 Å². The van der Waals surface area contributed by atoms with Gasteiger partial charge in [0.2, 0.25) is 0 Å². The fourth-order valence-electron chi connectivity index (χ4n) is 5.22. The average Bonchev–Trinajstić information content (AvgIpc) is 3.75. The third-order valence-corrected chi connectivity index (χ3v) is 9.75. The van der Waals surface area contributed by atoms with Gasteiger partial charge in [-0.05, 0) is 68.9 Å². The summed E-state index contributed by atoms with van der Waals surface area (Å²) in [6.07, 6.45) is 8.49. The number of benzene rings is 1. The lowest BCUT2D eigenvalue weighted by Crippen LogP contribution is -2.35. The van der Waals surface area contributed by atoms with E-state index in [0.29, 0.717) is 45.3 Å². The summed E-state index contributed by atoms with van der Waals surface area (Å²) in [6, 6.07) is 9.02. The number of halogens is 1. The molecule has 3 N–H and O–H groups in total. The molecule has 3 heterocycles. The zero-order valence-corrected chi connectivity index (χ0v) is 19.5. The van der Waals surface area contributed by atoms with E-state index in [1.807, 2.05) is 18.2 Å². The van der Waals surface area contributed by atoms with Gasteiger partial charge in [0, 0.05) is 23.7 Å². The molecule has 2 unspecified atom stereocenters. The first-order valence-corrected chi connectivity index (χ1v) is 13.4. The summed E-state index contributed by atoms with van der Waals surface area (Å²) in [5, 5.41) is 1.31. The van der Waals surface area contributed by atoms with Crippen LogP contribution < -0.4 is 10.5 Å². The van der Waals surface area contributed by atoms with E-state index in [-0.39, 0.29) is 11.9 Å². The van der Waals surface area contributed by atoms with Crippen LogP contribution in [0.25, 0.3) is 22.3 Å². The highest BCUT2D eigenvalue weighted by Crippen LogP contribution is 2.42. The molecule has 1 aromatic carbocycles. The second kappa shape index (κ2) is 7.82. The van der Waals surface area contributed by atoms with Gasteiger partial charge in [-0.15, -0.1) is 0 Å². The van der Waals surface area contributed by atoms with Gasteiger partial charge in [0.05, 0.1) is 37.2 Å². The summed E-state index contributed by atoms with van der Waals surface area (Å²) in [5.74, 6) is 0.268. The van der Waals surface area contributed by atoms with Crippen molar-refractivity contribution in [2.45, 2.75) is 62.4 Å². The molecule has 0 bridgehead atoms. The average molecular weight is 469 g/mol. The van der Waals surface area contributed by atoms with E-state index >= 15 is 0 Å². The second-order valence-electron chi connectivity index (χ2n) is 9.57. The summed E-state index contributed by atoms with van der Waals surface area (Å²) >= 11 is 0. The molecule has 3 aromatic rings. The molecule has 0 radical (unpaired) electrons. The van der Waals surface area contributed by atoms with Gasteiger partial charge in [-0.2, -0.15) is 0 Å². The van der Waals surface area contributed by atoms with Gasteiger partial charge in [0.25, 0.3) is 0 Å². The molecule has 0 spiro atoms. The molecule has 6 nitrogen and oxygen atoms in total. The van der Waals surface area contributed by atoms with Crippen molar-refractivity contribution in [1.29, 1.82) is 0 Å². The Hall–Kier alpha value is -2.42. The lowest BCUT2D eigenvalue weighted by Gasteiger charge is -2.19. The van der Waals surface area contributed by atoms with Crippen LogP contribution in [0.4, 0.5) is 10.1 Å². The molecule has 2 saturated carbocycles. The molecule has 6 rings (SSSR count). The van der Waals surface area contributed by atoms with E-state index in [1.54, 1.807) is 6.20 Å². The highest BCUT2D eigenvalue weighted by atomic mass is 32.2. The van der Waals surface area contributed by atoms with Crippen molar-refractivity contribution in [1.82, 2.24) is 14.3 Å². The van der Waals surface area contributed by atoms with Crippen LogP contribution in [0.5, 0.6) is 0 Å². The summed E-state index contributed by atoms with van der Waals surface area (Å²) in [6.45, 7) is 2.50. The van der Waals surface area contributed by atoms with Crippen LogP contribution in [-0.4, -0.2) is 31.5 Å². The quantitative estimate of drug-likeness (QED) is 0.407. The fraction of sp³-hybridized carbons (Fsp3) is 0.440. The van der Waals surface area contributed by atoms with Crippen LogP contribution in [0.1, 0.15) is 51.5 Å². The molecule has 2 aliphatic carbocycles. The predicted molar refractivity (Wildman–Crippen MR) is 130 cm³/mol. The zero-order chi connectivity index (χ0) is 22.7. The summed E-state index contributed by atoms with van der Waals surface area (Å²) in [4.78, 5) is 5.35. The van der Waals surface area contributed by atoms with Crippen molar-refractivity contribution < 1.29 is 13.3 Å². The Bertz CT molecular complexity index is 1340. The minimum Gasteiger partial charge on any atom is -0.396 e. The molecule has 3 fully saturated rings. The van der Waals surface area contributed by atoms with Crippen LogP contribution in [0, 0.1) is 11.7 Å². The van der Waals surface area contributed by atoms with Crippen molar-refractivity contribution in [3.8, 4) is 11.4 Å². The number of epoxide rings is 1. The Morgan fingerprint density at radius 1 is 1.21 bits per heavy atom. The number of ether oxygens (including phenoxy) is 1. The molecule has 1 aliphatic heterocycles. The molecule has 1 saturated heterocycles. The summed E-state index contributed by atoms with van der Waals surface area (Å²) < 4.78 is 38.9. The van der Waals surface area contributed by atoms with Crippen LogP contribution in [0.2, 0.25) is 0 Å². The number of nitrogens with zero attached hydrogens (tertiary/aromatic N) is 2. The Morgan fingerprint density at radius 2 is 1.97 bits per heavy atom. The number of fused-ring (bicyclic) bond motifs is 1. The first-order valence-electron chi connectivity index (χ1n) is 11.8. The monoisotopic (exact) mass is 468 g/mol. The van der Waals surface area contributed by atoms with Gasteiger partial charge >= 0.3 is 0 Å². The van der Waals surface area contributed by atoms with E-state index in [1.165, 1.54) is 37.8 Å². The first-order chi connectivity index (χ1) is 16.0. The van der Waals surface area contributed by atoms with E-state index in [0.717, 1.165) is 24.1 Å². The topological polar surface area (TPSA) is 85.5 Å². The molecule has 3 aliphatic rings. The van der Waals surface area contributed by atoms with E-state index in [2.05, 4.69) is 16.2 Å². The normalized spacial score (nSPS) is 21.5. The number of aromatic nitrogens is 2. The predicted octanol–water partition coefficient (Wildman–Crippen LogP) is 4.65. The van der Waals surface area contributed by atoms with Gasteiger partial charge < -0.3 is 15.0 Å². The SMILES string of the molecule is CC(NS(=O)(=C1CO1)c1ccc(-c2c(N)c3cc(F)ccc3n2C2CCCC2)nc1)C1CC1. The number of rotatable bonds is 6. The molecule has 8 heteroatoms. The number of anilines is 1. The van der Waals surface area contributed by atoms with Crippen LogP contribution in [-0.2, 0) is 14.4 Å². The van der Waals surface area contributed by atoms with Crippen molar-refractivity contribution in [2.75, 3.05) is 12.3 Å². The molecule has 174 valence electrons. The van der Waals surface area contributed by atoms with Gasteiger partial charge in [-0.1, -0.05) is 12.8 Å². The molecule has 0 amide bonds. The molecule has 33 heavy (non-hydrogen) atoms. The fourth-order valence-corrected chi connectivity index (χ4v) is 7.32. The number of nitrogens with one attached hydrogen (secondary N) is 1. The zero-order valence-electron chi connectivity index (χ0n) is 18.7. The highest BCUT2D eigenvalue weighted by Gasteiger charge is 2.35. The smallest absolute Gasteiger partial charge is 0.150 e. The lowest BCUT2D eigenvalue weighted by atomic mass is 10.2. The van der Waals surface area contributed by atoms with Crippen molar-refractivity contribution in [2.24, 2.45) is 5.92 Å². The first kappa shape index (κ1) is 21.1. The van der Waals surface area contributed by atoms with Gasteiger partial charge in [-0.3, -0.25) is 4.98 Å². The third-order valence-electron chi connectivity index (χ3n) is 7.27. The number of nitrogen functional groups attached to an aromatic ring is 1. The number of hydrogen-bond donors (Lipinski definition) is 2. The molecular weight excluding hydrogens is 439 g/mol. The van der Waals surface area contributed by atoms with Crippen molar-refractivity contribution in [3.63, 3.8) is 0 Å². The highest BCUT2D eigenvalue weighted by molar-refractivity contribution is 8.00. The third kappa shape index (κ3) is 3.64. The van der Waals surface area contributed by atoms with E-state index < -0.39 is 9.71 Å².